The molecule has 16 heavy (non-hydrogen) atoms. The van der Waals surface area contributed by atoms with E-state index in [4.69, 9.17) is 9.84 Å². The van der Waals surface area contributed by atoms with Gasteiger partial charge in [-0.3, -0.25) is 4.79 Å². The Bertz CT molecular complexity index is 270. The van der Waals surface area contributed by atoms with Crippen molar-refractivity contribution in [2.75, 3.05) is 26.7 Å². The van der Waals surface area contributed by atoms with Gasteiger partial charge in [0.25, 0.3) is 0 Å². The van der Waals surface area contributed by atoms with Crippen LogP contribution in [0.3, 0.4) is 0 Å². The maximum absolute atomic E-state index is 11.5. The smallest absolute Gasteiger partial charge is 0.409 e. The predicted octanol–water partition coefficient (Wildman–Crippen LogP) is 0.137. The van der Waals surface area contributed by atoms with Gasteiger partial charge < -0.3 is 20.1 Å². The molecule has 1 saturated heterocycles. The molecule has 0 bridgehead atoms. The van der Waals surface area contributed by atoms with Gasteiger partial charge in [0.1, 0.15) is 0 Å². The zero-order valence-electron chi connectivity index (χ0n) is 9.60. The van der Waals surface area contributed by atoms with Crippen molar-refractivity contribution in [3.63, 3.8) is 0 Å². The number of likely N-dealkylation sites (N-methyl/N-ethyl adjacent to an activating group) is 1. The van der Waals surface area contributed by atoms with Gasteiger partial charge in [0.05, 0.1) is 12.5 Å². The zero-order valence-corrected chi connectivity index (χ0v) is 9.60. The van der Waals surface area contributed by atoms with Crippen molar-refractivity contribution in [1.29, 1.82) is 0 Å². The number of hydrogen-bond donors (Lipinski definition) is 2. The van der Waals surface area contributed by atoms with E-state index >= 15 is 0 Å². The van der Waals surface area contributed by atoms with Crippen LogP contribution in [0.15, 0.2) is 0 Å². The molecule has 2 atom stereocenters. The Balaban J connectivity index is 2.63. The van der Waals surface area contributed by atoms with Crippen molar-refractivity contribution in [3.05, 3.63) is 0 Å². The summed E-state index contributed by atoms with van der Waals surface area (Å²) in [6.07, 6.45) is 0.107. The van der Waals surface area contributed by atoms with Gasteiger partial charge in [-0.25, -0.2) is 4.79 Å². The second-order valence-corrected chi connectivity index (χ2v) is 3.86. The number of nitrogens with one attached hydrogen (secondary N) is 1. The quantitative estimate of drug-likeness (QED) is 0.721. The Morgan fingerprint density at radius 2 is 2.19 bits per heavy atom. The molecule has 1 heterocycles. The van der Waals surface area contributed by atoms with Crippen molar-refractivity contribution < 1.29 is 19.4 Å². The standard InChI is InChI=1S/C10H18N2O4/c1-3-16-10(15)12-5-7(9(13)14)4-8(6-12)11-2/h7-8,11H,3-6H2,1-2H3,(H,13,14). The van der Waals surface area contributed by atoms with Gasteiger partial charge in [-0.05, 0) is 20.4 Å². The average molecular weight is 230 g/mol. The number of hydrogen-bond acceptors (Lipinski definition) is 4. The van der Waals surface area contributed by atoms with E-state index in [9.17, 15) is 9.59 Å². The molecule has 0 aliphatic carbocycles. The van der Waals surface area contributed by atoms with Crippen LogP contribution in [0.4, 0.5) is 4.79 Å². The molecule has 6 nitrogen and oxygen atoms in total. The number of carboxylic acid groups (broad SMARTS) is 1. The summed E-state index contributed by atoms with van der Waals surface area (Å²) in [7, 11) is 1.76. The van der Waals surface area contributed by atoms with E-state index in [1.54, 1.807) is 14.0 Å². The Labute approximate surface area is 94.6 Å². The van der Waals surface area contributed by atoms with Crippen molar-refractivity contribution in [2.45, 2.75) is 19.4 Å². The summed E-state index contributed by atoms with van der Waals surface area (Å²) in [5, 5.41) is 12.0. The van der Waals surface area contributed by atoms with Crippen LogP contribution < -0.4 is 5.32 Å². The lowest BCUT2D eigenvalue weighted by molar-refractivity contribution is -0.143. The van der Waals surface area contributed by atoms with Crippen LogP contribution in [0.1, 0.15) is 13.3 Å². The molecule has 92 valence electrons. The van der Waals surface area contributed by atoms with E-state index in [2.05, 4.69) is 5.32 Å². The van der Waals surface area contributed by atoms with Gasteiger partial charge in [-0.15, -0.1) is 0 Å². The van der Waals surface area contributed by atoms with Crippen LogP contribution >= 0.6 is 0 Å². The first-order valence-corrected chi connectivity index (χ1v) is 5.40. The average Bonchev–Trinajstić information content (AvgIpc) is 2.28. The molecule has 1 fully saturated rings. The zero-order chi connectivity index (χ0) is 12.1. The Kier molecular flexibility index (Phi) is 4.54. The van der Waals surface area contributed by atoms with Crippen LogP contribution in [0, 0.1) is 5.92 Å². The third-order valence-electron chi connectivity index (χ3n) is 2.73. The number of piperidine rings is 1. The number of carbonyl (C=O) groups is 2. The summed E-state index contributed by atoms with van der Waals surface area (Å²) >= 11 is 0. The van der Waals surface area contributed by atoms with Crippen molar-refractivity contribution in [3.8, 4) is 0 Å². The summed E-state index contributed by atoms with van der Waals surface area (Å²) < 4.78 is 4.87. The third-order valence-corrected chi connectivity index (χ3v) is 2.73. The number of likely N-dealkylation sites (tertiary alicyclic amines) is 1. The van der Waals surface area contributed by atoms with Crippen LogP contribution in [0.2, 0.25) is 0 Å². The fourth-order valence-electron chi connectivity index (χ4n) is 1.85. The highest BCUT2D eigenvalue weighted by atomic mass is 16.6. The first-order chi connectivity index (χ1) is 7.58. The number of ether oxygens (including phenoxy) is 1. The molecular weight excluding hydrogens is 212 g/mol. The predicted molar refractivity (Wildman–Crippen MR) is 57.2 cm³/mol. The highest BCUT2D eigenvalue weighted by Crippen LogP contribution is 2.17. The maximum Gasteiger partial charge on any atom is 0.409 e. The second kappa shape index (κ2) is 5.69. The number of amides is 1. The minimum Gasteiger partial charge on any atom is -0.481 e. The Morgan fingerprint density at radius 3 is 2.69 bits per heavy atom. The third kappa shape index (κ3) is 3.10. The normalized spacial score (nSPS) is 25.2. The lowest BCUT2D eigenvalue weighted by Gasteiger charge is -2.35. The molecule has 0 saturated carbocycles. The van der Waals surface area contributed by atoms with E-state index in [0.29, 0.717) is 19.6 Å². The number of carbonyl (C=O) groups excluding carboxylic acids is 1. The summed E-state index contributed by atoms with van der Waals surface area (Å²) in [6.45, 7) is 2.76. The van der Waals surface area contributed by atoms with Gasteiger partial charge in [0.2, 0.25) is 0 Å². The highest BCUT2D eigenvalue weighted by molar-refractivity contribution is 5.73. The van der Waals surface area contributed by atoms with Gasteiger partial charge in [-0.1, -0.05) is 0 Å². The second-order valence-electron chi connectivity index (χ2n) is 3.86. The van der Waals surface area contributed by atoms with E-state index < -0.39 is 18.0 Å². The van der Waals surface area contributed by atoms with E-state index in [-0.39, 0.29) is 12.6 Å². The molecule has 0 aromatic carbocycles. The minimum atomic E-state index is -0.866. The van der Waals surface area contributed by atoms with Crippen molar-refractivity contribution in [1.82, 2.24) is 10.2 Å². The minimum absolute atomic E-state index is 0.0132. The van der Waals surface area contributed by atoms with Gasteiger partial charge in [-0.2, -0.15) is 0 Å². The van der Waals surface area contributed by atoms with Gasteiger partial charge >= 0.3 is 12.1 Å². The largest absolute Gasteiger partial charge is 0.481 e. The van der Waals surface area contributed by atoms with Crippen LogP contribution in [0.5, 0.6) is 0 Å². The van der Waals surface area contributed by atoms with Crippen molar-refractivity contribution >= 4 is 12.1 Å². The molecular formula is C10H18N2O4. The Morgan fingerprint density at radius 1 is 1.50 bits per heavy atom. The lowest BCUT2D eigenvalue weighted by atomic mass is 9.95. The SMILES string of the molecule is CCOC(=O)N1CC(NC)CC(C(=O)O)C1. The highest BCUT2D eigenvalue weighted by Gasteiger charge is 2.33. The first kappa shape index (κ1) is 12.8. The topological polar surface area (TPSA) is 78.9 Å². The molecule has 1 aliphatic heterocycles. The molecule has 0 radical (unpaired) electrons. The van der Waals surface area contributed by atoms with Crippen LogP contribution in [0.25, 0.3) is 0 Å². The monoisotopic (exact) mass is 230 g/mol. The fraction of sp³-hybridized carbons (Fsp3) is 0.800. The summed E-state index contributed by atoms with van der Waals surface area (Å²) in [5.41, 5.74) is 0. The van der Waals surface area contributed by atoms with Crippen molar-refractivity contribution in [2.24, 2.45) is 5.92 Å². The molecule has 0 aromatic heterocycles. The summed E-state index contributed by atoms with van der Waals surface area (Å²) in [5.74, 6) is -1.38. The number of nitrogens with zero attached hydrogens (tertiary/aromatic N) is 1. The molecule has 0 spiro atoms. The molecule has 1 rings (SSSR count). The Hall–Kier alpha value is -1.30. The van der Waals surface area contributed by atoms with Crippen LogP contribution in [-0.2, 0) is 9.53 Å². The molecule has 1 amide bonds. The summed E-state index contributed by atoms with van der Waals surface area (Å²) in [4.78, 5) is 23.9. The molecule has 0 aromatic rings. The van der Waals surface area contributed by atoms with Crippen LogP contribution in [-0.4, -0.2) is 54.9 Å². The van der Waals surface area contributed by atoms with E-state index in [1.807, 2.05) is 0 Å². The lowest BCUT2D eigenvalue weighted by Crippen LogP contribution is -2.52. The van der Waals surface area contributed by atoms with Gasteiger partial charge in [0.15, 0.2) is 0 Å². The van der Waals surface area contributed by atoms with E-state index in [0.717, 1.165) is 0 Å². The fourth-order valence-corrected chi connectivity index (χ4v) is 1.85. The molecule has 1 aliphatic rings. The molecule has 6 heteroatoms. The van der Waals surface area contributed by atoms with Gasteiger partial charge in [0, 0.05) is 19.1 Å². The van der Waals surface area contributed by atoms with E-state index in [1.165, 1.54) is 4.90 Å². The number of carboxylic acids is 1. The number of aliphatic carboxylic acids is 1. The molecule has 2 N–H and O–H groups in total. The number of rotatable bonds is 3. The molecule has 2 unspecified atom stereocenters. The maximum atomic E-state index is 11.5. The first-order valence-electron chi connectivity index (χ1n) is 5.40. The summed E-state index contributed by atoms with van der Waals surface area (Å²) in [6, 6.07) is 0.0132.